The van der Waals surface area contributed by atoms with Crippen molar-refractivity contribution in [2.75, 3.05) is 25.4 Å². The molecule has 0 atom stereocenters. The topological polar surface area (TPSA) is 70.2 Å². The lowest BCUT2D eigenvalue weighted by atomic mass is 10.2. The first-order chi connectivity index (χ1) is 11.0. The maximum atomic E-state index is 11.5. The first-order valence-electron chi connectivity index (χ1n) is 7.91. The second-order valence-electron chi connectivity index (χ2n) is 5.67. The van der Waals surface area contributed by atoms with Crippen molar-refractivity contribution >= 4 is 23.7 Å². The van der Waals surface area contributed by atoms with Crippen LogP contribution in [0.3, 0.4) is 0 Å². The molecule has 0 aliphatic carbocycles. The van der Waals surface area contributed by atoms with E-state index in [1.54, 1.807) is 11.8 Å². The minimum absolute atomic E-state index is 0.000265. The standard InChI is InChI=1S/C17H27N3O2S/c1-13(2)16(21)18-8-9-19-17(22)20-10-11-23-12-15-6-4-14(3)5-7-15/h4-7,13H,8-12H2,1-3H3,(H,18,21)(H2,19,20,22). The van der Waals surface area contributed by atoms with Gasteiger partial charge in [0.05, 0.1) is 0 Å². The Morgan fingerprint density at radius 3 is 2.26 bits per heavy atom. The number of thioether (sulfide) groups is 1. The summed E-state index contributed by atoms with van der Waals surface area (Å²) in [6.07, 6.45) is 0. The zero-order chi connectivity index (χ0) is 17.1. The minimum Gasteiger partial charge on any atom is -0.354 e. The molecule has 0 saturated heterocycles. The van der Waals surface area contributed by atoms with E-state index in [-0.39, 0.29) is 17.9 Å². The molecule has 3 amide bonds. The van der Waals surface area contributed by atoms with Crippen molar-refractivity contribution in [3.05, 3.63) is 35.4 Å². The van der Waals surface area contributed by atoms with Gasteiger partial charge >= 0.3 is 6.03 Å². The van der Waals surface area contributed by atoms with Gasteiger partial charge in [-0.1, -0.05) is 43.7 Å². The van der Waals surface area contributed by atoms with Crippen LogP contribution in [0.5, 0.6) is 0 Å². The normalized spacial score (nSPS) is 10.4. The number of rotatable bonds is 9. The number of hydrogen-bond acceptors (Lipinski definition) is 3. The van der Waals surface area contributed by atoms with Gasteiger partial charge in [0.1, 0.15) is 0 Å². The molecule has 0 fully saturated rings. The molecule has 1 aromatic rings. The van der Waals surface area contributed by atoms with Gasteiger partial charge in [0.2, 0.25) is 5.91 Å². The van der Waals surface area contributed by atoms with Gasteiger partial charge in [-0.2, -0.15) is 11.8 Å². The summed E-state index contributed by atoms with van der Waals surface area (Å²) in [6, 6.07) is 8.29. The highest BCUT2D eigenvalue weighted by Gasteiger charge is 2.05. The fourth-order valence-corrected chi connectivity index (χ4v) is 2.56. The molecule has 1 aromatic carbocycles. The predicted molar refractivity (Wildman–Crippen MR) is 96.6 cm³/mol. The molecule has 3 N–H and O–H groups in total. The van der Waals surface area contributed by atoms with Crippen molar-refractivity contribution in [1.29, 1.82) is 0 Å². The third-order valence-corrected chi connectivity index (χ3v) is 4.19. The van der Waals surface area contributed by atoms with E-state index in [0.717, 1.165) is 11.5 Å². The third-order valence-electron chi connectivity index (χ3n) is 3.16. The predicted octanol–water partition coefficient (Wildman–Crippen LogP) is 2.30. The highest BCUT2D eigenvalue weighted by Crippen LogP contribution is 2.12. The molecule has 0 aliphatic heterocycles. The van der Waals surface area contributed by atoms with Crippen LogP contribution < -0.4 is 16.0 Å². The lowest BCUT2D eigenvalue weighted by Crippen LogP contribution is -2.41. The first kappa shape index (κ1) is 19.4. The molecule has 0 bridgehead atoms. The van der Waals surface area contributed by atoms with E-state index >= 15 is 0 Å². The number of urea groups is 1. The molecule has 6 heteroatoms. The van der Waals surface area contributed by atoms with Crippen LogP contribution in [0.1, 0.15) is 25.0 Å². The number of carbonyl (C=O) groups excluding carboxylic acids is 2. The molecular weight excluding hydrogens is 310 g/mol. The van der Waals surface area contributed by atoms with Gasteiger partial charge in [-0.3, -0.25) is 4.79 Å². The molecule has 0 aliphatic rings. The first-order valence-corrected chi connectivity index (χ1v) is 9.07. The lowest BCUT2D eigenvalue weighted by Gasteiger charge is -2.09. The Balaban J connectivity index is 1.99. The van der Waals surface area contributed by atoms with E-state index in [9.17, 15) is 9.59 Å². The number of benzene rings is 1. The van der Waals surface area contributed by atoms with E-state index in [0.29, 0.717) is 19.6 Å². The average molecular weight is 337 g/mol. The summed E-state index contributed by atoms with van der Waals surface area (Å²) < 4.78 is 0. The number of amides is 3. The minimum atomic E-state index is -0.195. The van der Waals surface area contributed by atoms with E-state index < -0.39 is 0 Å². The van der Waals surface area contributed by atoms with Crippen LogP contribution in [0.15, 0.2) is 24.3 Å². The Kier molecular flexibility index (Phi) is 9.21. The molecule has 23 heavy (non-hydrogen) atoms. The van der Waals surface area contributed by atoms with Gasteiger partial charge in [-0.25, -0.2) is 4.79 Å². The van der Waals surface area contributed by atoms with Crippen molar-refractivity contribution in [1.82, 2.24) is 16.0 Å². The average Bonchev–Trinajstić information content (AvgIpc) is 2.52. The lowest BCUT2D eigenvalue weighted by molar-refractivity contribution is -0.123. The molecule has 0 heterocycles. The number of aryl methyl sites for hydroxylation is 1. The Bertz CT molecular complexity index is 489. The maximum absolute atomic E-state index is 11.5. The zero-order valence-corrected chi connectivity index (χ0v) is 15.0. The fourth-order valence-electron chi connectivity index (χ4n) is 1.74. The molecular formula is C17H27N3O2S. The quantitative estimate of drug-likeness (QED) is 0.606. The van der Waals surface area contributed by atoms with E-state index in [1.807, 2.05) is 13.8 Å². The molecule has 0 aromatic heterocycles. The van der Waals surface area contributed by atoms with Crippen LogP contribution in [0.2, 0.25) is 0 Å². The van der Waals surface area contributed by atoms with E-state index in [2.05, 4.69) is 47.1 Å². The Labute approximate surface area is 143 Å². The Hall–Kier alpha value is -1.69. The summed E-state index contributed by atoms with van der Waals surface area (Å²) >= 11 is 1.79. The summed E-state index contributed by atoms with van der Waals surface area (Å²) in [6.45, 7) is 7.26. The van der Waals surface area contributed by atoms with Crippen molar-refractivity contribution in [2.45, 2.75) is 26.5 Å². The SMILES string of the molecule is Cc1ccc(CSCCNC(=O)NCCNC(=O)C(C)C)cc1. The van der Waals surface area contributed by atoms with Crippen LogP contribution in [0.4, 0.5) is 4.79 Å². The largest absolute Gasteiger partial charge is 0.354 e. The zero-order valence-electron chi connectivity index (χ0n) is 14.1. The van der Waals surface area contributed by atoms with Gasteiger partial charge in [-0.15, -0.1) is 0 Å². The van der Waals surface area contributed by atoms with Crippen LogP contribution in [0, 0.1) is 12.8 Å². The summed E-state index contributed by atoms with van der Waals surface area (Å²) in [5.74, 6) is 1.78. The Morgan fingerprint density at radius 1 is 1.00 bits per heavy atom. The van der Waals surface area contributed by atoms with Crippen molar-refractivity contribution in [2.24, 2.45) is 5.92 Å². The van der Waals surface area contributed by atoms with E-state index in [4.69, 9.17) is 0 Å². The smallest absolute Gasteiger partial charge is 0.314 e. The number of carbonyl (C=O) groups is 2. The van der Waals surface area contributed by atoms with Crippen LogP contribution in [-0.4, -0.2) is 37.3 Å². The van der Waals surface area contributed by atoms with Crippen molar-refractivity contribution in [3.8, 4) is 0 Å². The van der Waals surface area contributed by atoms with Crippen molar-refractivity contribution in [3.63, 3.8) is 0 Å². The van der Waals surface area contributed by atoms with Crippen LogP contribution >= 0.6 is 11.8 Å². The second-order valence-corrected chi connectivity index (χ2v) is 6.77. The van der Waals surface area contributed by atoms with Crippen molar-refractivity contribution < 1.29 is 9.59 Å². The molecule has 0 spiro atoms. The van der Waals surface area contributed by atoms with E-state index in [1.165, 1.54) is 11.1 Å². The summed E-state index contributed by atoms with van der Waals surface area (Å²) in [7, 11) is 0. The molecule has 0 radical (unpaired) electrons. The fraction of sp³-hybridized carbons (Fsp3) is 0.529. The number of hydrogen-bond donors (Lipinski definition) is 3. The third kappa shape index (κ3) is 9.13. The molecule has 0 saturated carbocycles. The van der Waals surface area contributed by atoms with Crippen LogP contribution in [0.25, 0.3) is 0 Å². The van der Waals surface area contributed by atoms with Gasteiger partial charge in [-0.05, 0) is 12.5 Å². The van der Waals surface area contributed by atoms with Gasteiger partial charge in [0.25, 0.3) is 0 Å². The molecule has 5 nitrogen and oxygen atoms in total. The van der Waals surface area contributed by atoms with Crippen LogP contribution in [-0.2, 0) is 10.5 Å². The van der Waals surface area contributed by atoms with Gasteiger partial charge in [0.15, 0.2) is 0 Å². The number of nitrogens with one attached hydrogen (secondary N) is 3. The summed E-state index contributed by atoms with van der Waals surface area (Å²) in [5, 5.41) is 8.27. The summed E-state index contributed by atoms with van der Waals surface area (Å²) in [4.78, 5) is 22.9. The van der Waals surface area contributed by atoms with Gasteiger partial charge in [0, 0.05) is 37.1 Å². The molecule has 128 valence electrons. The monoisotopic (exact) mass is 337 g/mol. The summed E-state index contributed by atoms with van der Waals surface area (Å²) in [5.41, 5.74) is 2.56. The maximum Gasteiger partial charge on any atom is 0.314 e. The van der Waals surface area contributed by atoms with Gasteiger partial charge < -0.3 is 16.0 Å². The highest BCUT2D eigenvalue weighted by atomic mass is 32.2. The Morgan fingerprint density at radius 2 is 1.61 bits per heavy atom. The second kappa shape index (κ2) is 10.9. The molecule has 1 rings (SSSR count). The highest BCUT2D eigenvalue weighted by molar-refractivity contribution is 7.98. The molecule has 0 unspecified atom stereocenters.